The molecule has 0 bridgehead atoms. The van der Waals surface area contributed by atoms with Crippen molar-refractivity contribution in [3.63, 3.8) is 0 Å². The molecule has 148 valence electrons. The molecule has 4 N–H and O–H groups in total. The molecule has 1 aliphatic carbocycles. The fourth-order valence-electron chi connectivity index (χ4n) is 3.82. The maximum absolute atomic E-state index is 11.8. The van der Waals surface area contributed by atoms with Gasteiger partial charge in [0, 0.05) is 35.1 Å². The van der Waals surface area contributed by atoms with Gasteiger partial charge in [-0.25, -0.2) is 4.79 Å². The van der Waals surface area contributed by atoms with Crippen molar-refractivity contribution in [1.29, 1.82) is 0 Å². The number of alkyl carbamates (subject to hydrolysis) is 1. The number of anilines is 3. The number of H-pyrrole nitrogens is 1. The Hall–Kier alpha value is -3.03. The van der Waals surface area contributed by atoms with Crippen LogP contribution in [-0.2, 0) is 16.0 Å². The van der Waals surface area contributed by atoms with Crippen molar-refractivity contribution >= 4 is 29.2 Å². The Labute approximate surface area is 163 Å². The molecule has 0 radical (unpaired) electrons. The van der Waals surface area contributed by atoms with Crippen molar-refractivity contribution in [3.8, 4) is 0 Å². The standard InChI is InChI=1S/C20H25N5O3/c1-11(2)21-20(27)28-15-5-3-12(8-15)17-10-18(25-24-17)22-14-4-6-16-13(7-14)9-19(26)23-16/h4,6-7,10-12,15H,3,5,8-9H2,1-2H3,(H,21,27)(H,23,26)(H2,22,24,25). The summed E-state index contributed by atoms with van der Waals surface area (Å²) in [4.78, 5) is 23.3. The van der Waals surface area contributed by atoms with E-state index in [4.69, 9.17) is 4.74 Å². The highest BCUT2D eigenvalue weighted by atomic mass is 16.6. The summed E-state index contributed by atoms with van der Waals surface area (Å²) in [6.45, 7) is 3.82. The maximum Gasteiger partial charge on any atom is 0.407 e. The van der Waals surface area contributed by atoms with E-state index in [1.807, 2.05) is 38.1 Å². The predicted molar refractivity (Wildman–Crippen MR) is 106 cm³/mol. The van der Waals surface area contributed by atoms with Crippen molar-refractivity contribution in [2.45, 2.75) is 57.6 Å². The Morgan fingerprint density at radius 2 is 2.14 bits per heavy atom. The first-order chi connectivity index (χ1) is 13.5. The summed E-state index contributed by atoms with van der Waals surface area (Å²) < 4.78 is 5.49. The molecule has 8 heteroatoms. The van der Waals surface area contributed by atoms with Gasteiger partial charge in [0.25, 0.3) is 0 Å². The first kappa shape index (κ1) is 18.3. The number of hydrogen-bond donors (Lipinski definition) is 4. The van der Waals surface area contributed by atoms with Gasteiger partial charge in [-0.1, -0.05) is 0 Å². The number of rotatable bonds is 5. The van der Waals surface area contributed by atoms with Crippen molar-refractivity contribution in [3.05, 3.63) is 35.5 Å². The lowest BCUT2D eigenvalue weighted by Crippen LogP contribution is -2.33. The van der Waals surface area contributed by atoms with Gasteiger partial charge in [-0.15, -0.1) is 0 Å². The molecular weight excluding hydrogens is 358 g/mol. The molecule has 2 aliphatic rings. The molecule has 2 unspecified atom stereocenters. The van der Waals surface area contributed by atoms with Crippen LogP contribution in [0.25, 0.3) is 0 Å². The van der Waals surface area contributed by atoms with Gasteiger partial charge in [0.15, 0.2) is 5.82 Å². The van der Waals surface area contributed by atoms with Gasteiger partial charge < -0.3 is 20.7 Å². The summed E-state index contributed by atoms with van der Waals surface area (Å²) >= 11 is 0. The van der Waals surface area contributed by atoms with Crippen molar-refractivity contribution in [2.24, 2.45) is 0 Å². The van der Waals surface area contributed by atoms with Crippen LogP contribution < -0.4 is 16.0 Å². The number of nitrogens with one attached hydrogen (secondary N) is 4. The largest absolute Gasteiger partial charge is 0.446 e. The zero-order valence-corrected chi connectivity index (χ0v) is 16.0. The molecule has 1 aliphatic heterocycles. The van der Waals surface area contributed by atoms with E-state index in [1.54, 1.807) is 0 Å². The number of aromatic nitrogens is 2. The smallest absolute Gasteiger partial charge is 0.407 e. The number of nitrogens with zero attached hydrogens (tertiary/aromatic N) is 1. The molecule has 2 heterocycles. The highest BCUT2D eigenvalue weighted by molar-refractivity contribution is 5.99. The fourth-order valence-corrected chi connectivity index (χ4v) is 3.82. The number of carbonyl (C=O) groups excluding carboxylic acids is 2. The number of hydrogen-bond acceptors (Lipinski definition) is 5. The minimum atomic E-state index is -0.350. The number of benzene rings is 1. The molecule has 1 saturated carbocycles. The number of ether oxygens (including phenoxy) is 1. The summed E-state index contributed by atoms with van der Waals surface area (Å²) in [7, 11) is 0. The fraction of sp³-hybridized carbons (Fsp3) is 0.450. The molecule has 1 aromatic heterocycles. The van der Waals surface area contributed by atoms with E-state index in [0.29, 0.717) is 12.3 Å². The van der Waals surface area contributed by atoms with Crippen molar-refractivity contribution < 1.29 is 14.3 Å². The highest BCUT2D eigenvalue weighted by Crippen LogP contribution is 2.36. The van der Waals surface area contributed by atoms with Gasteiger partial charge in [0.2, 0.25) is 5.91 Å². The van der Waals surface area contributed by atoms with Crippen LogP contribution in [0.1, 0.15) is 50.3 Å². The molecule has 8 nitrogen and oxygen atoms in total. The van der Waals surface area contributed by atoms with E-state index in [1.165, 1.54) is 0 Å². The second-order valence-electron chi connectivity index (χ2n) is 7.77. The number of carbonyl (C=O) groups is 2. The zero-order chi connectivity index (χ0) is 19.7. The molecule has 0 saturated heterocycles. The average Bonchev–Trinajstić information content (AvgIpc) is 3.32. The van der Waals surface area contributed by atoms with E-state index >= 15 is 0 Å². The Balaban J connectivity index is 1.34. The van der Waals surface area contributed by atoms with Crippen LogP contribution >= 0.6 is 0 Å². The lowest BCUT2D eigenvalue weighted by atomic mass is 10.0. The third-order valence-corrected chi connectivity index (χ3v) is 5.10. The predicted octanol–water partition coefficient (Wildman–Crippen LogP) is 3.42. The van der Waals surface area contributed by atoms with E-state index in [0.717, 1.165) is 47.7 Å². The molecule has 28 heavy (non-hydrogen) atoms. The van der Waals surface area contributed by atoms with Gasteiger partial charge in [0.05, 0.1) is 6.42 Å². The van der Waals surface area contributed by atoms with E-state index in [9.17, 15) is 9.59 Å². The van der Waals surface area contributed by atoms with Crippen LogP contribution in [-0.4, -0.2) is 34.3 Å². The summed E-state index contributed by atoms with van der Waals surface area (Å²) in [5.74, 6) is 1.05. The third-order valence-electron chi connectivity index (χ3n) is 5.10. The minimum absolute atomic E-state index is 0.0225. The summed E-state index contributed by atoms with van der Waals surface area (Å²) in [5, 5.41) is 16.3. The van der Waals surface area contributed by atoms with E-state index in [-0.39, 0.29) is 24.1 Å². The lowest BCUT2D eigenvalue weighted by Gasteiger charge is -2.14. The van der Waals surface area contributed by atoms with E-state index in [2.05, 4.69) is 26.1 Å². The summed E-state index contributed by atoms with van der Waals surface area (Å²) in [6.07, 6.45) is 2.59. The second kappa shape index (κ2) is 7.53. The average molecular weight is 383 g/mol. The van der Waals surface area contributed by atoms with Crippen LogP contribution in [0, 0.1) is 0 Å². The number of amides is 2. The molecule has 4 rings (SSSR count). The van der Waals surface area contributed by atoms with Gasteiger partial charge in [-0.2, -0.15) is 5.10 Å². The molecule has 2 amide bonds. The van der Waals surface area contributed by atoms with Crippen LogP contribution in [0.5, 0.6) is 0 Å². The Bertz CT molecular complexity index is 892. The second-order valence-corrected chi connectivity index (χ2v) is 7.77. The summed E-state index contributed by atoms with van der Waals surface area (Å²) in [6, 6.07) is 7.86. The zero-order valence-electron chi connectivity index (χ0n) is 16.0. The van der Waals surface area contributed by atoms with Gasteiger partial charge in [-0.3, -0.25) is 9.89 Å². The van der Waals surface area contributed by atoms with Crippen LogP contribution in [0.3, 0.4) is 0 Å². The Kier molecular flexibility index (Phi) is 4.93. The highest BCUT2D eigenvalue weighted by Gasteiger charge is 2.30. The molecule has 1 fully saturated rings. The van der Waals surface area contributed by atoms with Crippen molar-refractivity contribution in [2.75, 3.05) is 10.6 Å². The molecule has 1 aromatic carbocycles. The van der Waals surface area contributed by atoms with E-state index < -0.39 is 0 Å². The summed E-state index contributed by atoms with van der Waals surface area (Å²) in [5.41, 5.74) is 3.79. The Morgan fingerprint density at radius 1 is 1.29 bits per heavy atom. The Morgan fingerprint density at radius 3 is 2.96 bits per heavy atom. The van der Waals surface area contributed by atoms with Gasteiger partial charge in [-0.05, 0) is 56.9 Å². The molecule has 0 spiro atoms. The van der Waals surface area contributed by atoms with Crippen molar-refractivity contribution in [1.82, 2.24) is 15.5 Å². The third kappa shape index (κ3) is 4.11. The molecular formula is C20H25N5O3. The minimum Gasteiger partial charge on any atom is -0.446 e. The molecule has 2 atom stereocenters. The quantitative estimate of drug-likeness (QED) is 0.633. The molecule has 2 aromatic rings. The normalized spacial score (nSPS) is 20.8. The van der Waals surface area contributed by atoms with Gasteiger partial charge >= 0.3 is 6.09 Å². The lowest BCUT2D eigenvalue weighted by molar-refractivity contribution is -0.115. The van der Waals surface area contributed by atoms with Crippen LogP contribution in [0.4, 0.5) is 22.0 Å². The van der Waals surface area contributed by atoms with Gasteiger partial charge in [0.1, 0.15) is 6.10 Å². The first-order valence-corrected chi connectivity index (χ1v) is 9.68. The SMILES string of the molecule is CC(C)NC(=O)OC1CCC(c2cc(Nc3ccc4c(c3)CC(=O)N4)n[nH]2)C1. The number of aromatic amines is 1. The first-order valence-electron chi connectivity index (χ1n) is 9.68. The van der Waals surface area contributed by atoms with Crippen LogP contribution in [0.2, 0.25) is 0 Å². The topological polar surface area (TPSA) is 108 Å². The van der Waals surface area contributed by atoms with Crippen LogP contribution in [0.15, 0.2) is 24.3 Å². The monoisotopic (exact) mass is 383 g/mol. The number of fused-ring (bicyclic) bond motifs is 1. The maximum atomic E-state index is 11.8.